The van der Waals surface area contributed by atoms with E-state index in [-0.39, 0.29) is 23.4 Å². The lowest BCUT2D eigenvalue weighted by molar-refractivity contribution is -0.218. The van der Waals surface area contributed by atoms with Gasteiger partial charge in [-0.1, -0.05) is 67.7 Å². The Morgan fingerprint density at radius 2 is 1.54 bits per heavy atom. The standard InChI is InChI=1S/C21H40O3/c1-15(2)14-21(8,20(5,6)7)19(22)24-18(16(3)4)23-17-12-10-9-11-13-17/h15-18H,9-14H2,1-8H3. The van der Waals surface area contributed by atoms with Gasteiger partial charge < -0.3 is 9.47 Å². The molecular formula is C21H40O3. The minimum absolute atomic E-state index is 0.113. The van der Waals surface area contributed by atoms with Crippen LogP contribution in [0.2, 0.25) is 0 Å². The zero-order valence-corrected chi connectivity index (χ0v) is 17.3. The average molecular weight is 341 g/mol. The Morgan fingerprint density at radius 1 is 1.00 bits per heavy atom. The lowest BCUT2D eigenvalue weighted by Crippen LogP contribution is -2.45. The van der Waals surface area contributed by atoms with Crippen LogP contribution in [0.5, 0.6) is 0 Å². The summed E-state index contributed by atoms with van der Waals surface area (Å²) >= 11 is 0. The molecule has 2 unspecified atom stereocenters. The summed E-state index contributed by atoms with van der Waals surface area (Å²) in [7, 11) is 0. The predicted octanol–water partition coefficient (Wildman–Crippen LogP) is 5.96. The monoisotopic (exact) mass is 340 g/mol. The van der Waals surface area contributed by atoms with Crippen molar-refractivity contribution < 1.29 is 14.3 Å². The van der Waals surface area contributed by atoms with E-state index >= 15 is 0 Å². The van der Waals surface area contributed by atoms with Gasteiger partial charge in [0.15, 0.2) is 0 Å². The molecule has 1 rings (SSSR count). The summed E-state index contributed by atoms with van der Waals surface area (Å²) in [6.45, 7) is 16.9. The third kappa shape index (κ3) is 5.75. The second kappa shape index (κ2) is 8.69. The normalized spacial score (nSPS) is 20.9. The quantitative estimate of drug-likeness (QED) is 0.424. The zero-order valence-electron chi connectivity index (χ0n) is 17.3. The molecule has 0 amide bonds. The van der Waals surface area contributed by atoms with Crippen LogP contribution in [0, 0.1) is 22.7 Å². The first-order valence-corrected chi connectivity index (χ1v) is 9.84. The Labute approximate surface area is 149 Å². The van der Waals surface area contributed by atoms with Crippen molar-refractivity contribution in [1.82, 2.24) is 0 Å². The first kappa shape index (κ1) is 21.5. The van der Waals surface area contributed by atoms with Crippen LogP contribution >= 0.6 is 0 Å². The molecule has 0 aromatic heterocycles. The maximum Gasteiger partial charge on any atom is 0.314 e. The lowest BCUT2D eigenvalue weighted by atomic mass is 9.64. The van der Waals surface area contributed by atoms with E-state index in [4.69, 9.17) is 9.47 Å². The van der Waals surface area contributed by atoms with Crippen molar-refractivity contribution in [3.8, 4) is 0 Å². The summed E-state index contributed by atoms with van der Waals surface area (Å²) in [5.41, 5.74) is -0.662. The van der Waals surface area contributed by atoms with Crippen molar-refractivity contribution in [2.45, 2.75) is 106 Å². The lowest BCUT2D eigenvalue weighted by Gasteiger charge is -2.42. The molecule has 0 aliphatic heterocycles. The van der Waals surface area contributed by atoms with Gasteiger partial charge in [0.1, 0.15) is 0 Å². The first-order valence-electron chi connectivity index (χ1n) is 9.84. The predicted molar refractivity (Wildman–Crippen MR) is 99.7 cm³/mol. The number of esters is 1. The van der Waals surface area contributed by atoms with Crippen molar-refractivity contribution in [1.29, 1.82) is 0 Å². The summed E-state index contributed by atoms with van der Waals surface area (Å²) in [6, 6.07) is 0. The maximum atomic E-state index is 13.1. The summed E-state index contributed by atoms with van der Waals surface area (Å²) in [4.78, 5) is 13.1. The zero-order chi connectivity index (χ0) is 18.5. The Bertz CT molecular complexity index is 388. The fourth-order valence-electron chi connectivity index (χ4n) is 3.46. The molecule has 0 aromatic rings. The molecule has 0 bridgehead atoms. The van der Waals surface area contributed by atoms with Gasteiger partial charge in [-0.25, -0.2) is 0 Å². The molecule has 0 N–H and O–H groups in total. The molecule has 1 aliphatic carbocycles. The molecule has 1 saturated carbocycles. The van der Waals surface area contributed by atoms with Crippen LogP contribution in [0.4, 0.5) is 0 Å². The molecule has 142 valence electrons. The van der Waals surface area contributed by atoms with Crippen LogP contribution in [0.3, 0.4) is 0 Å². The molecule has 3 nitrogen and oxygen atoms in total. The van der Waals surface area contributed by atoms with Crippen molar-refractivity contribution >= 4 is 5.97 Å². The molecule has 1 fully saturated rings. The van der Waals surface area contributed by atoms with E-state index in [1.54, 1.807) is 0 Å². The van der Waals surface area contributed by atoms with Crippen LogP contribution in [-0.4, -0.2) is 18.4 Å². The highest BCUT2D eigenvalue weighted by Crippen LogP contribution is 2.45. The van der Waals surface area contributed by atoms with Crippen molar-refractivity contribution in [2.24, 2.45) is 22.7 Å². The van der Waals surface area contributed by atoms with Gasteiger partial charge in [0.25, 0.3) is 0 Å². The van der Waals surface area contributed by atoms with Gasteiger partial charge >= 0.3 is 5.97 Å². The third-order valence-corrected chi connectivity index (χ3v) is 5.57. The molecule has 2 atom stereocenters. The van der Waals surface area contributed by atoms with Crippen molar-refractivity contribution in [3.05, 3.63) is 0 Å². The average Bonchev–Trinajstić information content (AvgIpc) is 2.45. The SMILES string of the molecule is CC(C)CC(C)(C(=O)OC(OC1CCCCC1)C(C)C)C(C)(C)C. The van der Waals surface area contributed by atoms with Gasteiger partial charge in [0.2, 0.25) is 6.29 Å². The van der Waals surface area contributed by atoms with Crippen LogP contribution in [0.25, 0.3) is 0 Å². The molecule has 3 heteroatoms. The highest BCUT2D eigenvalue weighted by atomic mass is 16.7. The summed E-state index contributed by atoms with van der Waals surface area (Å²) in [5.74, 6) is 0.496. The van der Waals surface area contributed by atoms with Gasteiger partial charge in [-0.05, 0) is 37.5 Å². The smallest absolute Gasteiger partial charge is 0.314 e. The van der Waals surface area contributed by atoms with Gasteiger partial charge in [-0.3, -0.25) is 4.79 Å². The topological polar surface area (TPSA) is 35.5 Å². The molecule has 0 spiro atoms. The molecule has 0 radical (unpaired) electrons. The first-order chi connectivity index (χ1) is 11.0. The van der Waals surface area contributed by atoms with E-state index in [0.717, 1.165) is 19.3 Å². The summed E-state index contributed by atoms with van der Waals surface area (Å²) in [5, 5.41) is 0. The molecule has 0 saturated heterocycles. The van der Waals surface area contributed by atoms with Gasteiger partial charge in [0, 0.05) is 5.92 Å². The van der Waals surface area contributed by atoms with E-state index in [1.165, 1.54) is 19.3 Å². The second-order valence-corrected chi connectivity index (χ2v) is 9.59. The van der Waals surface area contributed by atoms with E-state index in [9.17, 15) is 4.79 Å². The molecular weight excluding hydrogens is 300 g/mol. The highest BCUT2D eigenvalue weighted by Gasteiger charge is 2.47. The molecule has 0 aromatic carbocycles. The minimum atomic E-state index is -0.510. The fourth-order valence-corrected chi connectivity index (χ4v) is 3.46. The Balaban J connectivity index is 2.84. The van der Waals surface area contributed by atoms with E-state index < -0.39 is 11.7 Å². The van der Waals surface area contributed by atoms with Crippen LogP contribution in [0.1, 0.15) is 93.9 Å². The minimum Gasteiger partial charge on any atom is -0.435 e. The van der Waals surface area contributed by atoms with E-state index in [2.05, 4.69) is 48.5 Å². The number of hydrogen-bond donors (Lipinski definition) is 0. The maximum absolute atomic E-state index is 13.1. The number of rotatable bonds is 7. The van der Waals surface area contributed by atoms with E-state index in [1.807, 2.05) is 6.92 Å². The second-order valence-electron chi connectivity index (χ2n) is 9.59. The largest absolute Gasteiger partial charge is 0.435 e. The Morgan fingerprint density at radius 3 is 1.96 bits per heavy atom. The highest BCUT2D eigenvalue weighted by molar-refractivity contribution is 5.77. The number of ether oxygens (including phenoxy) is 2. The Hall–Kier alpha value is -0.570. The number of hydrogen-bond acceptors (Lipinski definition) is 3. The van der Waals surface area contributed by atoms with Gasteiger partial charge in [0.05, 0.1) is 11.5 Å². The van der Waals surface area contributed by atoms with E-state index in [0.29, 0.717) is 5.92 Å². The van der Waals surface area contributed by atoms with Crippen molar-refractivity contribution in [3.63, 3.8) is 0 Å². The summed E-state index contributed by atoms with van der Waals surface area (Å²) in [6.07, 6.45) is 6.53. The van der Waals surface area contributed by atoms with Crippen molar-refractivity contribution in [2.75, 3.05) is 0 Å². The Kier molecular flexibility index (Phi) is 7.77. The fraction of sp³-hybridized carbons (Fsp3) is 0.952. The van der Waals surface area contributed by atoms with Crippen LogP contribution in [-0.2, 0) is 14.3 Å². The van der Waals surface area contributed by atoms with Gasteiger partial charge in [-0.15, -0.1) is 0 Å². The molecule has 1 aliphatic rings. The van der Waals surface area contributed by atoms with Crippen LogP contribution in [0.15, 0.2) is 0 Å². The summed E-state index contributed by atoms with van der Waals surface area (Å²) < 4.78 is 12.1. The third-order valence-electron chi connectivity index (χ3n) is 5.57. The molecule has 24 heavy (non-hydrogen) atoms. The van der Waals surface area contributed by atoms with Gasteiger partial charge in [-0.2, -0.15) is 0 Å². The molecule has 0 heterocycles. The number of carbonyl (C=O) groups is 1. The number of carbonyl (C=O) groups excluding carboxylic acids is 1. The van der Waals surface area contributed by atoms with Crippen LogP contribution < -0.4 is 0 Å².